The van der Waals surface area contributed by atoms with Gasteiger partial charge in [0.1, 0.15) is 0 Å². The fourth-order valence-corrected chi connectivity index (χ4v) is 5.54. The topological polar surface area (TPSA) is 51.7 Å². The summed E-state index contributed by atoms with van der Waals surface area (Å²) in [7, 11) is 0. The average Bonchev–Trinajstić information content (AvgIpc) is 2.88. The summed E-state index contributed by atoms with van der Waals surface area (Å²) < 4.78 is 39.5. The molecule has 0 aliphatic carbocycles. The summed E-state index contributed by atoms with van der Waals surface area (Å²) in [6.07, 6.45) is 1.67. The van der Waals surface area contributed by atoms with Gasteiger partial charge in [-0.25, -0.2) is 0 Å². The summed E-state index contributed by atoms with van der Waals surface area (Å²) in [6.45, 7) is 8.37. The molecule has 196 valence electrons. The summed E-state index contributed by atoms with van der Waals surface area (Å²) >= 11 is 0. The lowest BCUT2D eigenvalue weighted by molar-refractivity contribution is -0.137. The van der Waals surface area contributed by atoms with Crippen molar-refractivity contribution in [2.24, 2.45) is 5.92 Å². The molecule has 0 bridgehead atoms. The second-order valence-electron chi connectivity index (χ2n) is 9.77. The number of hydrogen-bond acceptors (Lipinski definition) is 5. The minimum atomic E-state index is -4.33. The number of aromatic nitrogens is 1. The first-order valence-electron chi connectivity index (χ1n) is 12.9. The highest BCUT2D eigenvalue weighted by Gasteiger charge is 2.35. The largest absolute Gasteiger partial charge is 0.416 e. The molecular formula is C27H36F3N5O. The molecule has 36 heavy (non-hydrogen) atoms. The van der Waals surface area contributed by atoms with Crippen molar-refractivity contribution in [2.45, 2.75) is 44.9 Å². The summed E-state index contributed by atoms with van der Waals surface area (Å²) in [5.41, 5.74) is 1.26. The molecule has 3 heterocycles. The van der Waals surface area contributed by atoms with Crippen LogP contribution in [-0.2, 0) is 17.5 Å². The van der Waals surface area contributed by atoms with Crippen LogP contribution >= 0.6 is 0 Å². The molecule has 2 aromatic rings. The van der Waals surface area contributed by atoms with E-state index in [0.29, 0.717) is 43.7 Å². The number of carbonyl (C=O) groups is 1. The lowest BCUT2D eigenvalue weighted by atomic mass is 9.86. The number of nitrogens with zero attached hydrogens (tertiary/aromatic N) is 4. The van der Waals surface area contributed by atoms with Crippen molar-refractivity contribution in [3.05, 3.63) is 59.9 Å². The van der Waals surface area contributed by atoms with E-state index < -0.39 is 11.7 Å². The van der Waals surface area contributed by atoms with Gasteiger partial charge in [-0.1, -0.05) is 6.07 Å². The van der Waals surface area contributed by atoms with E-state index in [-0.39, 0.29) is 5.91 Å². The van der Waals surface area contributed by atoms with E-state index in [1.54, 1.807) is 6.07 Å². The van der Waals surface area contributed by atoms with E-state index in [9.17, 15) is 18.0 Å². The molecule has 2 aliphatic rings. The average molecular weight is 504 g/mol. The Labute approximate surface area is 211 Å². The molecule has 0 saturated carbocycles. The Bertz CT molecular complexity index is 979. The SMILES string of the molecule is CCNC(=O)CC[C@H]1CN(Cc2ccncc2)CC[C@H]1N1CCN(c2cccc(C(F)(F)F)c2)CC1. The molecule has 2 atom stereocenters. The van der Waals surface area contributed by atoms with Gasteiger partial charge < -0.3 is 10.2 Å². The minimum Gasteiger partial charge on any atom is -0.369 e. The zero-order valence-electron chi connectivity index (χ0n) is 20.9. The Morgan fingerprint density at radius 1 is 1.08 bits per heavy atom. The highest BCUT2D eigenvalue weighted by molar-refractivity contribution is 5.75. The number of hydrogen-bond donors (Lipinski definition) is 1. The first kappa shape index (κ1) is 26.4. The molecule has 9 heteroatoms. The quantitative estimate of drug-likeness (QED) is 0.590. The van der Waals surface area contributed by atoms with Crippen LogP contribution in [0.15, 0.2) is 48.8 Å². The lowest BCUT2D eigenvalue weighted by Crippen LogP contribution is -2.56. The number of piperazine rings is 1. The number of halogens is 3. The maximum atomic E-state index is 13.2. The monoisotopic (exact) mass is 503 g/mol. The van der Waals surface area contributed by atoms with Crippen LogP contribution in [0, 0.1) is 5.92 Å². The minimum absolute atomic E-state index is 0.0943. The number of piperidine rings is 1. The van der Waals surface area contributed by atoms with Crippen LogP contribution in [0.3, 0.4) is 0 Å². The molecule has 0 spiro atoms. The number of pyridine rings is 1. The molecule has 1 N–H and O–H groups in total. The van der Waals surface area contributed by atoms with Gasteiger partial charge in [0.2, 0.25) is 5.91 Å². The van der Waals surface area contributed by atoms with Crippen molar-refractivity contribution in [3.63, 3.8) is 0 Å². The Balaban J connectivity index is 1.39. The molecule has 4 rings (SSSR count). The smallest absolute Gasteiger partial charge is 0.369 e. The number of rotatable bonds is 8. The van der Waals surface area contributed by atoms with Crippen LogP contribution in [-0.4, -0.2) is 72.5 Å². The van der Waals surface area contributed by atoms with Crippen LogP contribution in [0.1, 0.15) is 37.3 Å². The third-order valence-corrected chi connectivity index (χ3v) is 7.37. The number of benzene rings is 1. The zero-order chi connectivity index (χ0) is 25.5. The third-order valence-electron chi connectivity index (χ3n) is 7.37. The van der Waals surface area contributed by atoms with Gasteiger partial charge in [-0.3, -0.25) is 19.6 Å². The van der Waals surface area contributed by atoms with Crippen molar-refractivity contribution in [1.82, 2.24) is 20.1 Å². The number of anilines is 1. The molecule has 2 saturated heterocycles. The van der Waals surface area contributed by atoms with Gasteiger partial charge >= 0.3 is 6.18 Å². The first-order valence-corrected chi connectivity index (χ1v) is 12.9. The number of alkyl halides is 3. The highest BCUT2D eigenvalue weighted by atomic mass is 19.4. The molecular weight excluding hydrogens is 467 g/mol. The Morgan fingerprint density at radius 3 is 2.53 bits per heavy atom. The van der Waals surface area contributed by atoms with Gasteiger partial charge in [-0.15, -0.1) is 0 Å². The van der Waals surface area contributed by atoms with Gasteiger partial charge in [0.05, 0.1) is 5.56 Å². The number of nitrogens with one attached hydrogen (secondary N) is 1. The molecule has 2 fully saturated rings. The first-order chi connectivity index (χ1) is 17.3. The van der Waals surface area contributed by atoms with Crippen molar-refractivity contribution in [1.29, 1.82) is 0 Å². The molecule has 2 aliphatic heterocycles. The molecule has 0 unspecified atom stereocenters. The van der Waals surface area contributed by atoms with Crippen molar-refractivity contribution in [2.75, 3.05) is 50.7 Å². The van der Waals surface area contributed by atoms with Crippen molar-refractivity contribution >= 4 is 11.6 Å². The summed E-state index contributed by atoms with van der Waals surface area (Å²) in [6, 6.07) is 10.1. The van der Waals surface area contributed by atoms with E-state index in [1.807, 2.05) is 36.4 Å². The highest BCUT2D eigenvalue weighted by Crippen LogP contribution is 2.33. The summed E-state index contributed by atoms with van der Waals surface area (Å²) in [4.78, 5) is 23.3. The second-order valence-corrected chi connectivity index (χ2v) is 9.77. The van der Waals surface area contributed by atoms with E-state index in [2.05, 4.69) is 20.1 Å². The standard InChI is InChI=1S/C27H36F3N5O/c1-2-32-26(36)7-6-22-20-33(19-21-8-11-31-12-9-21)13-10-25(22)35-16-14-34(15-17-35)24-5-3-4-23(18-24)27(28,29)30/h3-5,8-9,11-12,18,22,25H,2,6-7,10,13-17,19-20H2,1H3,(H,32,36)/t22-,25+/m0/s1. The second kappa shape index (κ2) is 12.1. The zero-order valence-corrected chi connectivity index (χ0v) is 20.9. The molecule has 1 aromatic carbocycles. The summed E-state index contributed by atoms with van der Waals surface area (Å²) in [5, 5.41) is 2.91. The Kier molecular flexibility index (Phi) is 8.85. The van der Waals surface area contributed by atoms with Gasteiger partial charge in [0.15, 0.2) is 0 Å². The van der Waals surface area contributed by atoms with Gasteiger partial charge in [0, 0.05) is 76.4 Å². The number of likely N-dealkylation sites (tertiary alicyclic amines) is 1. The predicted molar refractivity (Wildman–Crippen MR) is 135 cm³/mol. The van der Waals surface area contributed by atoms with E-state index in [1.165, 1.54) is 17.7 Å². The van der Waals surface area contributed by atoms with Crippen LogP contribution in [0.2, 0.25) is 0 Å². The third kappa shape index (κ3) is 6.97. The van der Waals surface area contributed by atoms with Gasteiger partial charge in [-0.05, 0) is 68.1 Å². The van der Waals surface area contributed by atoms with Crippen LogP contribution < -0.4 is 10.2 Å². The summed E-state index contributed by atoms with van der Waals surface area (Å²) in [5.74, 6) is 0.458. The fourth-order valence-electron chi connectivity index (χ4n) is 5.54. The molecule has 1 amide bonds. The van der Waals surface area contributed by atoms with Crippen LogP contribution in [0.4, 0.5) is 18.9 Å². The molecule has 6 nitrogen and oxygen atoms in total. The maximum absolute atomic E-state index is 13.2. The predicted octanol–water partition coefficient (Wildman–Crippen LogP) is 4.03. The van der Waals surface area contributed by atoms with Gasteiger partial charge in [0.25, 0.3) is 0 Å². The van der Waals surface area contributed by atoms with E-state index in [4.69, 9.17) is 0 Å². The van der Waals surface area contributed by atoms with Crippen LogP contribution in [0.25, 0.3) is 0 Å². The van der Waals surface area contributed by atoms with Gasteiger partial charge in [-0.2, -0.15) is 13.2 Å². The van der Waals surface area contributed by atoms with Crippen molar-refractivity contribution in [3.8, 4) is 0 Å². The van der Waals surface area contributed by atoms with E-state index >= 15 is 0 Å². The number of carbonyl (C=O) groups excluding carboxylic acids is 1. The fraction of sp³-hybridized carbons (Fsp3) is 0.556. The van der Waals surface area contributed by atoms with Crippen LogP contribution in [0.5, 0.6) is 0 Å². The number of amides is 1. The Morgan fingerprint density at radius 2 is 1.83 bits per heavy atom. The molecule has 0 radical (unpaired) electrons. The normalized spacial score (nSPS) is 21.9. The molecule has 1 aromatic heterocycles. The maximum Gasteiger partial charge on any atom is 0.416 e. The lowest BCUT2D eigenvalue weighted by Gasteiger charge is -2.47. The van der Waals surface area contributed by atoms with Crippen molar-refractivity contribution < 1.29 is 18.0 Å². The Hall–Kier alpha value is -2.65. The van der Waals surface area contributed by atoms with E-state index in [0.717, 1.165) is 51.6 Å².